The van der Waals surface area contributed by atoms with E-state index < -0.39 is 10.0 Å². The average Bonchev–Trinajstić information content (AvgIpc) is 2.70. The Hall–Kier alpha value is 0.0500. The Morgan fingerprint density at radius 3 is 2.56 bits per heavy atom. The highest BCUT2D eigenvalue weighted by Crippen LogP contribution is 2.31. The van der Waals surface area contributed by atoms with Crippen molar-refractivity contribution in [2.45, 2.75) is 24.3 Å². The lowest BCUT2D eigenvalue weighted by molar-refractivity contribution is 0.472. The topological polar surface area (TPSA) is 63.4 Å². The minimum absolute atomic E-state index is 0.0626. The number of benzene rings is 1. The summed E-state index contributed by atoms with van der Waals surface area (Å²) in [6, 6.07) is 3.37. The van der Waals surface area contributed by atoms with Crippen LogP contribution in [0.15, 0.2) is 26.0 Å². The number of sulfonamides is 1. The summed E-state index contributed by atoms with van der Waals surface area (Å²) in [7, 11) is -3.47. The van der Waals surface area contributed by atoms with Crippen LogP contribution in [0.5, 0.6) is 0 Å². The SMILES string of the molecule is Cc1cc(Br)c(S(=O)(=O)N2CC[C@H](N)C2)cc1Br. The Morgan fingerprint density at radius 2 is 2.00 bits per heavy atom. The molecule has 1 saturated heterocycles. The van der Waals surface area contributed by atoms with Crippen LogP contribution in [0.25, 0.3) is 0 Å². The van der Waals surface area contributed by atoms with Gasteiger partial charge in [-0.25, -0.2) is 8.42 Å². The van der Waals surface area contributed by atoms with Gasteiger partial charge >= 0.3 is 0 Å². The van der Waals surface area contributed by atoms with E-state index in [1.807, 2.05) is 6.92 Å². The lowest BCUT2D eigenvalue weighted by atomic mass is 10.2. The molecular weight excluding hydrogens is 384 g/mol. The van der Waals surface area contributed by atoms with Gasteiger partial charge in [0.2, 0.25) is 10.0 Å². The summed E-state index contributed by atoms with van der Waals surface area (Å²) in [4.78, 5) is 0.286. The van der Waals surface area contributed by atoms with Crippen molar-refractivity contribution < 1.29 is 8.42 Å². The molecule has 0 amide bonds. The fraction of sp³-hybridized carbons (Fsp3) is 0.455. The monoisotopic (exact) mass is 396 g/mol. The molecule has 0 spiro atoms. The zero-order valence-electron chi connectivity index (χ0n) is 9.86. The summed E-state index contributed by atoms with van der Waals surface area (Å²) in [5.74, 6) is 0. The second-order valence-electron chi connectivity index (χ2n) is 4.44. The molecule has 2 N–H and O–H groups in total. The Morgan fingerprint density at radius 1 is 1.33 bits per heavy atom. The molecule has 1 fully saturated rings. The molecule has 0 aromatic heterocycles. The van der Waals surface area contributed by atoms with Gasteiger partial charge in [-0.2, -0.15) is 4.31 Å². The van der Waals surface area contributed by atoms with Crippen molar-refractivity contribution in [2.75, 3.05) is 13.1 Å². The van der Waals surface area contributed by atoms with Crippen molar-refractivity contribution in [3.63, 3.8) is 0 Å². The maximum absolute atomic E-state index is 12.5. The molecule has 0 saturated carbocycles. The number of halogens is 2. The minimum Gasteiger partial charge on any atom is -0.326 e. The zero-order valence-corrected chi connectivity index (χ0v) is 13.8. The highest BCUT2D eigenvalue weighted by molar-refractivity contribution is 9.11. The number of nitrogens with two attached hydrogens (primary N) is 1. The molecule has 0 aliphatic carbocycles. The van der Waals surface area contributed by atoms with Crippen LogP contribution in [0.4, 0.5) is 0 Å². The molecule has 0 bridgehead atoms. The van der Waals surface area contributed by atoms with Gasteiger partial charge in [0.1, 0.15) is 0 Å². The van der Waals surface area contributed by atoms with Crippen LogP contribution in [0.2, 0.25) is 0 Å². The van der Waals surface area contributed by atoms with Gasteiger partial charge < -0.3 is 5.73 Å². The van der Waals surface area contributed by atoms with E-state index in [1.54, 1.807) is 12.1 Å². The van der Waals surface area contributed by atoms with E-state index in [2.05, 4.69) is 31.9 Å². The van der Waals surface area contributed by atoms with Gasteiger partial charge in [-0.1, -0.05) is 15.9 Å². The molecule has 1 heterocycles. The standard InChI is InChI=1S/C11H14Br2N2O2S/c1-7-4-10(13)11(5-9(7)12)18(16,17)15-3-2-8(14)6-15/h4-5,8H,2-3,6,14H2,1H3/t8-/m0/s1. The number of rotatable bonds is 2. The molecule has 100 valence electrons. The molecule has 1 atom stereocenters. The second kappa shape index (κ2) is 5.20. The third-order valence-corrected chi connectivity index (χ3v) is 6.70. The van der Waals surface area contributed by atoms with E-state index in [-0.39, 0.29) is 10.9 Å². The summed E-state index contributed by atoms with van der Waals surface area (Å²) in [5, 5.41) is 0. The number of hydrogen-bond acceptors (Lipinski definition) is 3. The maximum atomic E-state index is 12.5. The van der Waals surface area contributed by atoms with Gasteiger partial charge in [0.05, 0.1) is 4.90 Å². The van der Waals surface area contributed by atoms with Gasteiger partial charge in [-0.15, -0.1) is 0 Å². The Balaban J connectivity index is 2.45. The molecule has 2 rings (SSSR count). The lowest BCUT2D eigenvalue weighted by Crippen LogP contribution is -2.32. The maximum Gasteiger partial charge on any atom is 0.244 e. The van der Waals surface area contributed by atoms with E-state index in [0.717, 1.165) is 10.0 Å². The van der Waals surface area contributed by atoms with Crippen molar-refractivity contribution >= 4 is 41.9 Å². The first kappa shape index (κ1) is 14.5. The van der Waals surface area contributed by atoms with Crippen LogP contribution >= 0.6 is 31.9 Å². The average molecular weight is 398 g/mol. The molecule has 0 radical (unpaired) electrons. The van der Waals surface area contributed by atoms with Crippen LogP contribution in [-0.4, -0.2) is 31.9 Å². The Kier molecular flexibility index (Phi) is 4.18. The van der Waals surface area contributed by atoms with Crippen molar-refractivity contribution in [1.82, 2.24) is 4.31 Å². The molecule has 4 nitrogen and oxygen atoms in total. The van der Waals surface area contributed by atoms with E-state index in [4.69, 9.17) is 5.73 Å². The first-order chi connectivity index (χ1) is 8.32. The fourth-order valence-electron chi connectivity index (χ4n) is 1.94. The zero-order chi connectivity index (χ0) is 13.5. The molecule has 1 aliphatic heterocycles. The molecular formula is C11H14Br2N2O2S. The lowest BCUT2D eigenvalue weighted by Gasteiger charge is -2.17. The molecule has 18 heavy (non-hydrogen) atoms. The quantitative estimate of drug-likeness (QED) is 0.832. The smallest absolute Gasteiger partial charge is 0.244 e. The number of aryl methyl sites for hydroxylation is 1. The van der Waals surface area contributed by atoms with E-state index in [1.165, 1.54) is 4.31 Å². The summed E-state index contributed by atoms with van der Waals surface area (Å²) in [6.07, 6.45) is 0.712. The van der Waals surface area contributed by atoms with Crippen molar-refractivity contribution in [2.24, 2.45) is 5.73 Å². The van der Waals surface area contributed by atoms with Crippen LogP contribution in [0.3, 0.4) is 0 Å². The van der Waals surface area contributed by atoms with Crippen LogP contribution in [0.1, 0.15) is 12.0 Å². The number of hydrogen-bond donors (Lipinski definition) is 1. The van der Waals surface area contributed by atoms with Crippen molar-refractivity contribution in [1.29, 1.82) is 0 Å². The highest BCUT2D eigenvalue weighted by Gasteiger charge is 2.32. The minimum atomic E-state index is -3.47. The summed E-state index contributed by atoms with van der Waals surface area (Å²) in [6.45, 7) is 2.79. The van der Waals surface area contributed by atoms with Gasteiger partial charge in [-0.05, 0) is 47.0 Å². The second-order valence-corrected chi connectivity index (χ2v) is 8.06. The summed E-state index contributed by atoms with van der Waals surface area (Å²) in [5.41, 5.74) is 6.75. The largest absolute Gasteiger partial charge is 0.326 e. The van der Waals surface area contributed by atoms with Gasteiger partial charge in [0.15, 0.2) is 0 Å². The van der Waals surface area contributed by atoms with Crippen LogP contribution < -0.4 is 5.73 Å². The van der Waals surface area contributed by atoms with E-state index >= 15 is 0 Å². The first-order valence-electron chi connectivity index (χ1n) is 5.53. The number of nitrogens with zero attached hydrogens (tertiary/aromatic N) is 1. The fourth-order valence-corrected chi connectivity index (χ4v) is 5.09. The Labute approximate surface area is 124 Å². The third-order valence-electron chi connectivity index (χ3n) is 3.02. The van der Waals surface area contributed by atoms with Gasteiger partial charge in [0, 0.05) is 28.1 Å². The van der Waals surface area contributed by atoms with Crippen LogP contribution in [0, 0.1) is 6.92 Å². The Bertz CT molecular complexity index is 575. The van der Waals surface area contributed by atoms with Crippen molar-refractivity contribution in [3.8, 4) is 0 Å². The molecule has 1 aromatic carbocycles. The van der Waals surface area contributed by atoms with Gasteiger partial charge in [0.25, 0.3) is 0 Å². The normalized spacial score (nSPS) is 21.4. The van der Waals surface area contributed by atoms with Crippen LogP contribution in [-0.2, 0) is 10.0 Å². The third kappa shape index (κ3) is 2.65. The van der Waals surface area contributed by atoms with Crippen molar-refractivity contribution in [3.05, 3.63) is 26.6 Å². The molecule has 0 unspecified atom stereocenters. The van der Waals surface area contributed by atoms with E-state index in [0.29, 0.717) is 24.0 Å². The van der Waals surface area contributed by atoms with Gasteiger partial charge in [-0.3, -0.25) is 0 Å². The molecule has 7 heteroatoms. The summed E-state index contributed by atoms with van der Waals surface area (Å²) >= 11 is 6.69. The predicted molar refractivity (Wildman–Crippen MR) is 77.9 cm³/mol. The molecule has 1 aliphatic rings. The predicted octanol–water partition coefficient (Wildman–Crippen LogP) is 2.24. The first-order valence-corrected chi connectivity index (χ1v) is 8.56. The highest BCUT2D eigenvalue weighted by atomic mass is 79.9. The van der Waals surface area contributed by atoms with E-state index in [9.17, 15) is 8.42 Å². The summed E-state index contributed by atoms with van der Waals surface area (Å²) < 4.78 is 27.8. The molecule has 1 aromatic rings.